The molecule has 0 bridgehead atoms. The fourth-order valence-corrected chi connectivity index (χ4v) is 1.70. The first kappa shape index (κ1) is 13.0. The molecule has 5 heteroatoms. The van der Waals surface area contributed by atoms with Crippen molar-refractivity contribution in [3.8, 4) is 11.6 Å². The lowest BCUT2D eigenvalue weighted by Crippen LogP contribution is -2.12. The molecule has 1 aromatic heterocycles. The molecule has 0 aliphatic rings. The van der Waals surface area contributed by atoms with Gasteiger partial charge < -0.3 is 15.8 Å². The summed E-state index contributed by atoms with van der Waals surface area (Å²) in [5.74, 6) is 0.346. The molecule has 2 rings (SSSR count). The number of carbonyl (C=O) groups excluding carboxylic acids is 1. The Morgan fingerprint density at radius 2 is 2.11 bits per heavy atom. The summed E-state index contributed by atoms with van der Waals surface area (Å²) in [5, 5.41) is 3.04. The molecule has 0 fully saturated rings. The van der Waals surface area contributed by atoms with Crippen LogP contribution < -0.4 is 15.8 Å². The van der Waals surface area contributed by atoms with Crippen LogP contribution in [0.25, 0.3) is 0 Å². The van der Waals surface area contributed by atoms with E-state index in [1.54, 1.807) is 30.5 Å². The molecule has 5 nitrogen and oxygen atoms in total. The van der Waals surface area contributed by atoms with Gasteiger partial charge in [0.05, 0.1) is 5.56 Å². The predicted octanol–water partition coefficient (Wildman–Crippen LogP) is 1.69. The van der Waals surface area contributed by atoms with Crippen molar-refractivity contribution in [2.45, 2.75) is 6.54 Å². The number of nitrogens with one attached hydrogen (secondary N) is 1. The van der Waals surface area contributed by atoms with Crippen LogP contribution in [0.4, 0.5) is 0 Å². The van der Waals surface area contributed by atoms with Crippen molar-refractivity contribution in [2.24, 2.45) is 5.73 Å². The molecule has 19 heavy (non-hydrogen) atoms. The molecular formula is C14H15N3O2. The van der Waals surface area contributed by atoms with Gasteiger partial charge in [-0.1, -0.05) is 18.2 Å². The number of rotatable bonds is 5. The van der Waals surface area contributed by atoms with Gasteiger partial charge >= 0.3 is 0 Å². The SMILES string of the molecule is CNCc1cccnc1Oc1ccccc1C(N)=O. The second-order valence-electron chi connectivity index (χ2n) is 3.96. The Bertz CT molecular complexity index is 584. The Balaban J connectivity index is 2.34. The molecule has 0 saturated carbocycles. The van der Waals surface area contributed by atoms with E-state index >= 15 is 0 Å². The summed E-state index contributed by atoms with van der Waals surface area (Å²) in [7, 11) is 1.84. The number of nitrogens with zero attached hydrogens (tertiary/aromatic N) is 1. The first-order valence-corrected chi connectivity index (χ1v) is 5.87. The van der Waals surface area contributed by atoms with Gasteiger partial charge in [-0.15, -0.1) is 0 Å². The monoisotopic (exact) mass is 257 g/mol. The third-order valence-corrected chi connectivity index (χ3v) is 2.58. The zero-order valence-corrected chi connectivity index (χ0v) is 10.6. The smallest absolute Gasteiger partial charge is 0.252 e. The third-order valence-electron chi connectivity index (χ3n) is 2.58. The molecule has 3 N–H and O–H groups in total. The van der Waals surface area contributed by atoms with Crippen LogP contribution in [0.2, 0.25) is 0 Å². The van der Waals surface area contributed by atoms with Crippen LogP contribution in [0.5, 0.6) is 11.6 Å². The minimum atomic E-state index is -0.526. The van der Waals surface area contributed by atoms with Gasteiger partial charge in [-0.2, -0.15) is 0 Å². The fraction of sp³-hybridized carbons (Fsp3) is 0.143. The van der Waals surface area contributed by atoms with Crippen LogP contribution in [0, 0.1) is 0 Å². The van der Waals surface area contributed by atoms with E-state index in [1.807, 2.05) is 19.2 Å². The van der Waals surface area contributed by atoms with Crippen LogP contribution in [0.1, 0.15) is 15.9 Å². The van der Waals surface area contributed by atoms with Gasteiger partial charge in [0, 0.05) is 18.3 Å². The molecule has 2 aromatic rings. The molecule has 0 atom stereocenters. The van der Waals surface area contributed by atoms with Gasteiger partial charge in [-0.25, -0.2) is 4.98 Å². The average Bonchev–Trinajstić information content (AvgIpc) is 2.42. The number of amides is 1. The molecule has 0 saturated heterocycles. The van der Waals surface area contributed by atoms with Gasteiger partial charge in [0.1, 0.15) is 5.75 Å². The topological polar surface area (TPSA) is 77.2 Å². The lowest BCUT2D eigenvalue weighted by atomic mass is 10.2. The molecule has 0 radical (unpaired) electrons. The maximum atomic E-state index is 11.3. The zero-order valence-electron chi connectivity index (χ0n) is 10.6. The van der Waals surface area contributed by atoms with Crippen molar-refractivity contribution in [3.63, 3.8) is 0 Å². The quantitative estimate of drug-likeness (QED) is 0.854. The normalized spacial score (nSPS) is 10.2. The highest BCUT2D eigenvalue weighted by Gasteiger charge is 2.11. The minimum absolute atomic E-state index is 0.337. The molecule has 1 aromatic carbocycles. The van der Waals surface area contributed by atoms with Gasteiger partial charge in [-0.3, -0.25) is 4.79 Å². The highest BCUT2D eigenvalue weighted by Crippen LogP contribution is 2.25. The van der Waals surface area contributed by atoms with Crippen molar-refractivity contribution < 1.29 is 9.53 Å². The number of hydrogen-bond donors (Lipinski definition) is 2. The average molecular weight is 257 g/mol. The fourth-order valence-electron chi connectivity index (χ4n) is 1.70. The number of benzene rings is 1. The Hall–Kier alpha value is -2.40. The van der Waals surface area contributed by atoms with E-state index in [4.69, 9.17) is 10.5 Å². The first-order valence-electron chi connectivity index (χ1n) is 5.87. The number of primary amides is 1. The van der Waals surface area contributed by atoms with E-state index < -0.39 is 5.91 Å². The molecule has 0 unspecified atom stereocenters. The summed E-state index contributed by atoms with van der Waals surface area (Å²) in [6.45, 7) is 0.627. The zero-order chi connectivity index (χ0) is 13.7. The summed E-state index contributed by atoms with van der Waals surface area (Å²) in [6.07, 6.45) is 1.64. The van der Waals surface area contributed by atoms with E-state index in [1.165, 1.54) is 0 Å². The molecule has 1 heterocycles. The van der Waals surface area contributed by atoms with Crippen LogP contribution in [-0.4, -0.2) is 17.9 Å². The Morgan fingerprint density at radius 1 is 1.32 bits per heavy atom. The Kier molecular flexibility index (Phi) is 4.10. The van der Waals surface area contributed by atoms with E-state index in [-0.39, 0.29) is 0 Å². The number of ether oxygens (including phenoxy) is 1. The van der Waals surface area contributed by atoms with Gasteiger partial charge in [0.15, 0.2) is 0 Å². The lowest BCUT2D eigenvalue weighted by molar-refractivity contribution is 0.0998. The van der Waals surface area contributed by atoms with Crippen LogP contribution in [-0.2, 0) is 6.54 Å². The molecule has 0 aliphatic heterocycles. The van der Waals surface area contributed by atoms with Crippen LogP contribution in [0.3, 0.4) is 0 Å². The highest BCUT2D eigenvalue weighted by atomic mass is 16.5. The van der Waals surface area contributed by atoms with Crippen LogP contribution >= 0.6 is 0 Å². The number of aromatic nitrogens is 1. The lowest BCUT2D eigenvalue weighted by Gasteiger charge is -2.11. The first-order chi connectivity index (χ1) is 9.22. The second-order valence-corrected chi connectivity index (χ2v) is 3.96. The Morgan fingerprint density at radius 3 is 2.84 bits per heavy atom. The van der Waals surface area contributed by atoms with Gasteiger partial charge in [0.2, 0.25) is 5.88 Å². The third kappa shape index (κ3) is 3.08. The van der Waals surface area contributed by atoms with Crippen molar-refractivity contribution in [2.75, 3.05) is 7.05 Å². The molecular weight excluding hydrogens is 242 g/mol. The number of nitrogens with two attached hydrogens (primary N) is 1. The summed E-state index contributed by atoms with van der Waals surface area (Å²) < 4.78 is 5.70. The van der Waals surface area contributed by atoms with E-state index in [2.05, 4.69) is 10.3 Å². The summed E-state index contributed by atoms with van der Waals surface area (Å²) in [6, 6.07) is 10.6. The maximum Gasteiger partial charge on any atom is 0.252 e. The molecule has 1 amide bonds. The van der Waals surface area contributed by atoms with Gasteiger partial charge in [0.25, 0.3) is 5.91 Å². The van der Waals surface area contributed by atoms with E-state index in [9.17, 15) is 4.79 Å². The van der Waals surface area contributed by atoms with Crippen LogP contribution in [0.15, 0.2) is 42.6 Å². The number of carbonyl (C=O) groups is 1. The summed E-state index contributed by atoms with van der Waals surface area (Å²) in [4.78, 5) is 15.5. The number of pyridine rings is 1. The highest BCUT2D eigenvalue weighted by molar-refractivity contribution is 5.95. The van der Waals surface area contributed by atoms with Crippen molar-refractivity contribution in [3.05, 3.63) is 53.7 Å². The minimum Gasteiger partial charge on any atom is -0.438 e. The second kappa shape index (κ2) is 5.97. The van der Waals surface area contributed by atoms with E-state index in [0.717, 1.165) is 5.56 Å². The van der Waals surface area contributed by atoms with Crippen molar-refractivity contribution >= 4 is 5.91 Å². The van der Waals surface area contributed by atoms with Gasteiger partial charge in [-0.05, 0) is 25.2 Å². The summed E-state index contributed by atoms with van der Waals surface area (Å²) >= 11 is 0. The maximum absolute atomic E-state index is 11.3. The standard InChI is InChI=1S/C14H15N3O2/c1-16-9-10-5-4-8-17-14(10)19-12-7-3-2-6-11(12)13(15)18/h2-8,16H,9H2,1H3,(H2,15,18). The van der Waals surface area contributed by atoms with E-state index in [0.29, 0.717) is 23.7 Å². The Labute approximate surface area is 111 Å². The molecule has 0 aliphatic carbocycles. The molecule has 98 valence electrons. The summed E-state index contributed by atoms with van der Waals surface area (Å²) in [5.41, 5.74) is 6.56. The van der Waals surface area contributed by atoms with Crippen molar-refractivity contribution in [1.82, 2.24) is 10.3 Å². The molecule has 0 spiro atoms. The predicted molar refractivity (Wildman–Crippen MR) is 72.0 cm³/mol. The largest absolute Gasteiger partial charge is 0.438 e. The van der Waals surface area contributed by atoms with Crippen molar-refractivity contribution in [1.29, 1.82) is 0 Å². The number of hydrogen-bond acceptors (Lipinski definition) is 4. The number of para-hydroxylation sites is 1.